The van der Waals surface area contributed by atoms with Crippen LogP contribution in [0.25, 0.3) is 10.4 Å². The Labute approximate surface area is 173 Å². The molecule has 0 saturated carbocycles. The van der Waals surface area contributed by atoms with Gasteiger partial charge in [0.1, 0.15) is 9.57 Å². The first-order chi connectivity index (χ1) is 13.2. The first-order valence-electron chi connectivity index (χ1n) is 9.41. The van der Waals surface area contributed by atoms with Gasteiger partial charge >= 0.3 is 0 Å². The van der Waals surface area contributed by atoms with E-state index in [4.69, 9.17) is 12.2 Å². The van der Waals surface area contributed by atoms with Gasteiger partial charge in [0.25, 0.3) is 0 Å². The molecule has 0 amide bonds. The Balaban J connectivity index is 1.64. The van der Waals surface area contributed by atoms with E-state index in [-0.39, 0.29) is 0 Å². The Morgan fingerprint density at radius 1 is 0.963 bits per heavy atom. The number of aromatic hydroxyl groups is 1. The second-order valence-corrected chi connectivity index (χ2v) is 9.92. The summed E-state index contributed by atoms with van der Waals surface area (Å²) in [5.74, 6) is 0.396. The van der Waals surface area contributed by atoms with Crippen LogP contribution in [-0.4, -0.2) is 23.1 Å². The molecule has 5 heteroatoms. The molecule has 1 saturated heterocycles. The van der Waals surface area contributed by atoms with Crippen molar-refractivity contribution in [3.63, 3.8) is 0 Å². The highest BCUT2D eigenvalue weighted by Gasteiger charge is 2.16. The summed E-state index contributed by atoms with van der Waals surface area (Å²) in [6.07, 6.45) is 4.70. The molecule has 2 nitrogen and oxygen atoms in total. The Morgan fingerprint density at radius 2 is 1.74 bits per heavy atom. The topological polar surface area (TPSA) is 23.5 Å². The lowest BCUT2D eigenvalue weighted by atomic mass is 10.0. The van der Waals surface area contributed by atoms with Gasteiger partial charge in [0.05, 0.1) is 4.88 Å². The number of nitrogens with zero attached hydrogens (tertiary/aromatic N) is 1. The van der Waals surface area contributed by atoms with Gasteiger partial charge in [-0.15, -0.1) is 0 Å². The molecular weight excluding hydrogens is 390 g/mol. The molecule has 140 valence electrons. The van der Waals surface area contributed by atoms with Gasteiger partial charge in [-0.1, -0.05) is 69.7 Å². The minimum Gasteiger partial charge on any atom is -0.508 e. The lowest BCUT2D eigenvalue weighted by molar-refractivity contribution is 0.218. The molecule has 4 rings (SSSR count). The van der Waals surface area contributed by atoms with Crippen molar-refractivity contribution >= 4 is 32.9 Å². The van der Waals surface area contributed by atoms with E-state index in [9.17, 15) is 5.11 Å². The van der Waals surface area contributed by atoms with Crippen LogP contribution in [0.15, 0.2) is 48.5 Å². The maximum atomic E-state index is 10.4. The lowest BCUT2D eigenvalue weighted by Crippen LogP contribution is -2.29. The highest BCUT2D eigenvalue weighted by atomic mass is 32.9. The van der Waals surface area contributed by atoms with Crippen LogP contribution < -0.4 is 0 Å². The van der Waals surface area contributed by atoms with Gasteiger partial charge < -0.3 is 5.11 Å². The molecule has 1 fully saturated rings. The van der Waals surface area contributed by atoms with Crippen molar-refractivity contribution in [3.05, 3.63) is 69.0 Å². The molecule has 2 aromatic carbocycles. The zero-order valence-corrected chi connectivity index (χ0v) is 17.6. The van der Waals surface area contributed by atoms with Crippen LogP contribution in [-0.2, 0) is 13.0 Å². The van der Waals surface area contributed by atoms with Gasteiger partial charge in [-0.3, -0.25) is 4.90 Å². The van der Waals surface area contributed by atoms with E-state index in [1.807, 2.05) is 18.2 Å². The van der Waals surface area contributed by atoms with Gasteiger partial charge in [0.2, 0.25) is 0 Å². The monoisotopic (exact) mass is 413 g/mol. The lowest BCUT2D eigenvalue weighted by Gasteiger charge is -2.26. The van der Waals surface area contributed by atoms with E-state index >= 15 is 0 Å². The molecule has 27 heavy (non-hydrogen) atoms. The van der Waals surface area contributed by atoms with Gasteiger partial charge in [-0.05, 0) is 55.3 Å². The van der Waals surface area contributed by atoms with Crippen LogP contribution >= 0.6 is 32.9 Å². The molecule has 1 aliphatic heterocycles. The summed E-state index contributed by atoms with van der Waals surface area (Å²) in [6.45, 7) is 3.07. The van der Waals surface area contributed by atoms with Crippen LogP contribution in [0.4, 0.5) is 0 Å². The number of rotatable bonds is 5. The van der Waals surface area contributed by atoms with Crippen LogP contribution in [0.3, 0.4) is 0 Å². The van der Waals surface area contributed by atoms with Gasteiger partial charge in [0, 0.05) is 24.1 Å². The second kappa shape index (κ2) is 8.65. The predicted octanol–water partition coefficient (Wildman–Crippen LogP) is 6.49. The Kier molecular flexibility index (Phi) is 6.03. The van der Waals surface area contributed by atoms with E-state index in [0.717, 1.165) is 35.4 Å². The Morgan fingerprint density at radius 3 is 2.52 bits per heavy atom. The number of hydrogen-bond donors (Lipinski definition) is 1. The molecule has 0 bridgehead atoms. The van der Waals surface area contributed by atoms with Crippen molar-refractivity contribution in [3.8, 4) is 16.2 Å². The second-order valence-electron chi connectivity index (χ2n) is 7.10. The van der Waals surface area contributed by atoms with Gasteiger partial charge in [-0.2, -0.15) is 0 Å². The highest BCUT2D eigenvalue weighted by Crippen LogP contribution is 2.38. The van der Waals surface area contributed by atoms with E-state index in [0.29, 0.717) is 5.75 Å². The largest absolute Gasteiger partial charge is 0.508 e. The first-order valence-corrected chi connectivity index (χ1v) is 12.0. The summed E-state index contributed by atoms with van der Waals surface area (Å²) in [5, 5.41) is 10.4. The summed E-state index contributed by atoms with van der Waals surface area (Å²) >= 11 is 5.63. The molecule has 0 atom stereocenters. The summed E-state index contributed by atoms with van der Waals surface area (Å²) in [4.78, 5) is 3.69. The fraction of sp³-hybridized carbons (Fsp3) is 0.318. The molecule has 1 aromatic heterocycles. The Bertz CT molecular complexity index is 955. The number of hydrogen-bond acceptors (Lipinski definition) is 5. The minimum atomic E-state index is 0.396. The number of benzene rings is 2. The van der Waals surface area contributed by atoms with Crippen LogP contribution in [0.2, 0.25) is 0 Å². The zero-order chi connectivity index (χ0) is 18.6. The molecule has 1 aliphatic rings. The molecule has 1 N–H and O–H groups in total. The fourth-order valence-corrected chi connectivity index (χ4v) is 6.57. The predicted molar refractivity (Wildman–Crippen MR) is 119 cm³/mol. The SMILES string of the molecule is Oc1ccc(-c2ssc(=S)c2Cc2ccccc2)cc1CN1CCCCC1. The number of piperidine rings is 1. The third kappa shape index (κ3) is 4.49. The number of phenolic OH excluding ortho intramolecular Hbond substituents is 1. The standard InChI is InChI=1S/C22H23NOS3/c24-20-10-9-17(14-18(20)15-23-11-5-2-6-12-23)21-19(22(25)27-26-21)13-16-7-3-1-4-8-16/h1,3-4,7-10,14,24H,2,5-6,11-13,15H2. The van der Waals surface area contributed by atoms with Crippen molar-refractivity contribution in [1.82, 2.24) is 4.90 Å². The smallest absolute Gasteiger partial charge is 0.120 e. The van der Waals surface area contributed by atoms with Gasteiger partial charge in [-0.25, -0.2) is 0 Å². The van der Waals surface area contributed by atoms with E-state index in [2.05, 4.69) is 35.2 Å². The molecule has 0 spiro atoms. The molecule has 2 heterocycles. The third-order valence-corrected chi connectivity index (χ3v) is 8.32. The van der Waals surface area contributed by atoms with Crippen LogP contribution in [0.1, 0.15) is 36.0 Å². The number of likely N-dealkylation sites (tertiary alicyclic amines) is 1. The molecule has 0 unspecified atom stereocenters. The van der Waals surface area contributed by atoms with Gasteiger partial charge in [0.15, 0.2) is 0 Å². The minimum absolute atomic E-state index is 0.396. The fourth-order valence-electron chi connectivity index (χ4n) is 3.66. The first kappa shape index (κ1) is 18.8. The summed E-state index contributed by atoms with van der Waals surface area (Å²) in [5.41, 5.74) is 4.70. The number of phenols is 1. The molecular formula is C22H23NOS3. The molecule has 0 radical (unpaired) electrons. The summed E-state index contributed by atoms with van der Waals surface area (Å²) in [6, 6.07) is 16.5. The van der Waals surface area contributed by atoms with E-state index < -0.39 is 0 Å². The maximum absolute atomic E-state index is 10.4. The quantitative estimate of drug-likeness (QED) is 0.382. The zero-order valence-electron chi connectivity index (χ0n) is 15.2. The summed E-state index contributed by atoms with van der Waals surface area (Å²) in [7, 11) is 3.43. The van der Waals surface area contributed by atoms with Crippen molar-refractivity contribution < 1.29 is 5.11 Å². The van der Waals surface area contributed by atoms with Crippen molar-refractivity contribution in [2.45, 2.75) is 32.2 Å². The van der Waals surface area contributed by atoms with Crippen molar-refractivity contribution in [2.75, 3.05) is 13.1 Å². The average molecular weight is 414 g/mol. The third-order valence-electron chi connectivity index (χ3n) is 5.13. The summed E-state index contributed by atoms with van der Waals surface area (Å²) < 4.78 is 0.976. The van der Waals surface area contributed by atoms with Crippen molar-refractivity contribution in [1.29, 1.82) is 0 Å². The highest BCUT2D eigenvalue weighted by molar-refractivity contribution is 7.80. The van der Waals surface area contributed by atoms with Crippen LogP contribution in [0.5, 0.6) is 5.75 Å². The van der Waals surface area contributed by atoms with E-state index in [1.54, 1.807) is 20.7 Å². The Hall–Kier alpha value is -1.53. The maximum Gasteiger partial charge on any atom is 0.120 e. The average Bonchev–Trinajstić information content (AvgIpc) is 3.06. The molecule has 3 aromatic rings. The normalized spacial score (nSPS) is 15.1. The van der Waals surface area contributed by atoms with Crippen molar-refractivity contribution in [2.24, 2.45) is 0 Å². The van der Waals surface area contributed by atoms with Crippen LogP contribution in [0, 0.1) is 3.82 Å². The molecule has 0 aliphatic carbocycles. The van der Waals surface area contributed by atoms with E-state index in [1.165, 1.54) is 40.8 Å².